The number of anilines is 1. The lowest BCUT2D eigenvalue weighted by molar-refractivity contribution is 0.0670. The summed E-state index contributed by atoms with van der Waals surface area (Å²) in [7, 11) is 1.67. The Morgan fingerprint density at radius 1 is 1.18 bits per heavy atom. The number of hydrogen-bond donors (Lipinski definition) is 1. The summed E-state index contributed by atoms with van der Waals surface area (Å²) >= 11 is 0. The number of methoxy groups -OCH3 is 1. The molecule has 0 saturated carbocycles. The molecular weight excluding hydrogens is 216 g/mol. The fourth-order valence-electron chi connectivity index (χ4n) is 1.80. The fraction of sp³-hybridized carbons (Fsp3) is 0.385. The van der Waals surface area contributed by atoms with Gasteiger partial charge in [0.25, 0.3) is 0 Å². The molecule has 0 atom stereocenters. The van der Waals surface area contributed by atoms with Gasteiger partial charge in [0.15, 0.2) is 0 Å². The summed E-state index contributed by atoms with van der Waals surface area (Å²) in [6.07, 6.45) is 2.06. The average Bonchev–Trinajstić information content (AvgIpc) is 2.72. The van der Waals surface area contributed by atoms with Crippen molar-refractivity contribution >= 4 is 16.6 Å². The van der Waals surface area contributed by atoms with Crippen LogP contribution in [0.3, 0.4) is 0 Å². The van der Waals surface area contributed by atoms with Crippen molar-refractivity contribution in [3.63, 3.8) is 0 Å². The van der Waals surface area contributed by atoms with E-state index in [4.69, 9.17) is 15.2 Å². The summed E-state index contributed by atoms with van der Waals surface area (Å²) in [6.45, 7) is 2.79. The highest BCUT2D eigenvalue weighted by Crippen LogP contribution is 2.18. The molecule has 1 aromatic carbocycles. The smallest absolute Gasteiger partial charge is 0.0701 e. The first kappa shape index (κ1) is 12.0. The minimum absolute atomic E-state index is 0.637. The normalized spacial score (nSPS) is 11.1. The Hall–Kier alpha value is -1.52. The van der Waals surface area contributed by atoms with Gasteiger partial charge in [-0.15, -0.1) is 0 Å². The first-order chi connectivity index (χ1) is 8.31. The second kappa shape index (κ2) is 5.70. The highest BCUT2D eigenvalue weighted by Gasteiger charge is 2.01. The van der Waals surface area contributed by atoms with Crippen LogP contribution in [0.5, 0.6) is 0 Å². The van der Waals surface area contributed by atoms with E-state index < -0.39 is 0 Å². The molecule has 2 N–H and O–H groups in total. The van der Waals surface area contributed by atoms with Crippen LogP contribution < -0.4 is 5.73 Å². The Morgan fingerprint density at radius 3 is 2.88 bits per heavy atom. The molecular formula is C13H18N2O2. The van der Waals surface area contributed by atoms with Crippen molar-refractivity contribution in [2.45, 2.75) is 6.54 Å². The molecule has 0 aliphatic heterocycles. The van der Waals surface area contributed by atoms with Crippen LogP contribution in [0.15, 0.2) is 30.5 Å². The SMILES string of the molecule is COCCOCCn1ccc2ccc(N)cc21. The molecule has 0 unspecified atom stereocenters. The van der Waals surface area contributed by atoms with Crippen LogP contribution in [0.2, 0.25) is 0 Å². The number of benzene rings is 1. The van der Waals surface area contributed by atoms with Gasteiger partial charge in [0.2, 0.25) is 0 Å². The van der Waals surface area contributed by atoms with Crippen LogP contribution in [0.4, 0.5) is 5.69 Å². The third-order valence-corrected chi connectivity index (χ3v) is 2.71. The quantitative estimate of drug-likeness (QED) is 0.613. The number of aromatic nitrogens is 1. The molecule has 92 valence electrons. The summed E-state index contributed by atoms with van der Waals surface area (Å²) in [5.41, 5.74) is 7.73. The lowest BCUT2D eigenvalue weighted by Crippen LogP contribution is -2.08. The monoisotopic (exact) mass is 234 g/mol. The Kier molecular flexibility index (Phi) is 4.01. The molecule has 1 aromatic heterocycles. The first-order valence-electron chi connectivity index (χ1n) is 5.72. The van der Waals surface area contributed by atoms with Crippen molar-refractivity contribution < 1.29 is 9.47 Å². The maximum atomic E-state index is 5.79. The van der Waals surface area contributed by atoms with Gasteiger partial charge in [-0.3, -0.25) is 0 Å². The zero-order valence-corrected chi connectivity index (χ0v) is 10.1. The number of nitrogen functional groups attached to an aromatic ring is 1. The third kappa shape index (κ3) is 2.99. The second-order valence-electron chi connectivity index (χ2n) is 3.93. The molecule has 0 spiro atoms. The van der Waals surface area contributed by atoms with E-state index in [2.05, 4.69) is 16.8 Å². The van der Waals surface area contributed by atoms with Gasteiger partial charge in [-0.1, -0.05) is 6.07 Å². The first-order valence-corrected chi connectivity index (χ1v) is 5.72. The van der Waals surface area contributed by atoms with Gasteiger partial charge in [-0.25, -0.2) is 0 Å². The molecule has 4 heteroatoms. The maximum absolute atomic E-state index is 5.79. The molecule has 1 heterocycles. The standard InChI is InChI=1S/C13H18N2O2/c1-16-8-9-17-7-6-15-5-4-11-2-3-12(14)10-13(11)15/h2-5,10H,6-9,14H2,1H3. The molecule has 17 heavy (non-hydrogen) atoms. The van der Waals surface area contributed by atoms with Crippen LogP contribution in [-0.4, -0.2) is 31.5 Å². The van der Waals surface area contributed by atoms with E-state index in [0.717, 1.165) is 17.7 Å². The second-order valence-corrected chi connectivity index (χ2v) is 3.93. The van der Waals surface area contributed by atoms with Crippen LogP contribution in [-0.2, 0) is 16.0 Å². The Balaban J connectivity index is 1.96. The number of rotatable bonds is 6. The summed E-state index contributed by atoms with van der Waals surface area (Å²) in [5, 5.41) is 1.20. The van der Waals surface area contributed by atoms with E-state index in [1.54, 1.807) is 7.11 Å². The molecule has 2 aromatic rings. The van der Waals surface area contributed by atoms with Crippen molar-refractivity contribution in [2.24, 2.45) is 0 Å². The minimum atomic E-state index is 0.637. The molecule has 4 nitrogen and oxygen atoms in total. The van der Waals surface area contributed by atoms with E-state index in [9.17, 15) is 0 Å². The van der Waals surface area contributed by atoms with Crippen molar-refractivity contribution in [2.75, 3.05) is 32.7 Å². The van der Waals surface area contributed by atoms with Gasteiger partial charge in [0.1, 0.15) is 0 Å². The highest BCUT2D eigenvalue weighted by atomic mass is 16.5. The van der Waals surface area contributed by atoms with E-state index in [1.807, 2.05) is 18.2 Å². The van der Waals surface area contributed by atoms with E-state index in [0.29, 0.717) is 19.8 Å². The van der Waals surface area contributed by atoms with Gasteiger partial charge < -0.3 is 19.8 Å². The lowest BCUT2D eigenvalue weighted by Gasteiger charge is -2.07. The number of hydrogen-bond acceptors (Lipinski definition) is 3. The lowest BCUT2D eigenvalue weighted by atomic mass is 10.2. The average molecular weight is 234 g/mol. The number of fused-ring (bicyclic) bond motifs is 1. The van der Waals surface area contributed by atoms with E-state index >= 15 is 0 Å². The van der Waals surface area contributed by atoms with Gasteiger partial charge >= 0.3 is 0 Å². The number of nitrogens with zero attached hydrogens (tertiary/aromatic N) is 1. The van der Waals surface area contributed by atoms with E-state index in [-0.39, 0.29) is 0 Å². The molecule has 0 amide bonds. The zero-order valence-electron chi connectivity index (χ0n) is 10.1. The largest absolute Gasteiger partial charge is 0.399 e. The molecule has 0 bridgehead atoms. The van der Waals surface area contributed by atoms with E-state index in [1.165, 1.54) is 5.39 Å². The highest BCUT2D eigenvalue weighted by molar-refractivity contribution is 5.83. The minimum Gasteiger partial charge on any atom is -0.399 e. The maximum Gasteiger partial charge on any atom is 0.0701 e. The van der Waals surface area contributed by atoms with Gasteiger partial charge in [-0.2, -0.15) is 0 Å². The zero-order chi connectivity index (χ0) is 12.1. The van der Waals surface area contributed by atoms with Gasteiger partial charge in [-0.05, 0) is 23.6 Å². The molecule has 0 aliphatic rings. The number of nitrogens with two attached hydrogens (primary N) is 1. The molecule has 0 radical (unpaired) electrons. The topological polar surface area (TPSA) is 49.4 Å². The molecule has 0 saturated heterocycles. The van der Waals surface area contributed by atoms with Crippen LogP contribution >= 0.6 is 0 Å². The van der Waals surface area contributed by atoms with Crippen LogP contribution in [0.25, 0.3) is 10.9 Å². The molecule has 0 fully saturated rings. The van der Waals surface area contributed by atoms with Crippen molar-refractivity contribution in [3.8, 4) is 0 Å². The van der Waals surface area contributed by atoms with Crippen molar-refractivity contribution in [1.82, 2.24) is 4.57 Å². The summed E-state index contributed by atoms with van der Waals surface area (Å²) in [6, 6.07) is 8.03. The van der Waals surface area contributed by atoms with Crippen molar-refractivity contribution in [3.05, 3.63) is 30.5 Å². The number of ether oxygens (including phenoxy) is 2. The Labute approximate surface area is 101 Å². The van der Waals surface area contributed by atoms with Crippen molar-refractivity contribution in [1.29, 1.82) is 0 Å². The van der Waals surface area contributed by atoms with Gasteiger partial charge in [0, 0.05) is 25.5 Å². The summed E-state index contributed by atoms with van der Waals surface area (Å²) in [5.74, 6) is 0. The third-order valence-electron chi connectivity index (χ3n) is 2.71. The fourth-order valence-corrected chi connectivity index (χ4v) is 1.80. The Bertz CT molecular complexity index is 479. The predicted molar refractivity (Wildman–Crippen MR) is 69.0 cm³/mol. The molecule has 0 aliphatic carbocycles. The van der Waals surface area contributed by atoms with Crippen LogP contribution in [0, 0.1) is 0 Å². The predicted octanol–water partition coefficient (Wildman–Crippen LogP) is 1.89. The van der Waals surface area contributed by atoms with Gasteiger partial charge in [0.05, 0.1) is 25.3 Å². The van der Waals surface area contributed by atoms with Crippen LogP contribution in [0.1, 0.15) is 0 Å². The Morgan fingerprint density at radius 2 is 2.06 bits per heavy atom. The summed E-state index contributed by atoms with van der Waals surface area (Å²) < 4.78 is 12.5. The summed E-state index contributed by atoms with van der Waals surface area (Å²) in [4.78, 5) is 0. The molecule has 2 rings (SSSR count).